The lowest BCUT2D eigenvalue weighted by Crippen LogP contribution is -2.33. The van der Waals surface area contributed by atoms with Gasteiger partial charge in [-0.05, 0) is 37.3 Å². The molecule has 2 aliphatic rings. The summed E-state index contributed by atoms with van der Waals surface area (Å²) >= 11 is 0. The summed E-state index contributed by atoms with van der Waals surface area (Å²) in [5.74, 6) is 0.746. The number of hydrogen-bond acceptors (Lipinski definition) is 2. The minimum absolute atomic E-state index is 0.000833. The molecule has 3 atom stereocenters. The van der Waals surface area contributed by atoms with Gasteiger partial charge in [0.2, 0.25) is 5.91 Å². The van der Waals surface area contributed by atoms with Gasteiger partial charge in [-0.25, -0.2) is 0 Å². The minimum atomic E-state index is 0.000833. The average molecular weight is 244 g/mol. The van der Waals surface area contributed by atoms with Gasteiger partial charge >= 0.3 is 0 Å². The van der Waals surface area contributed by atoms with Gasteiger partial charge in [0.1, 0.15) is 0 Å². The third kappa shape index (κ3) is 1.73. The number of nitrogens with zero attached hydrogens (tertiary/aromatic N) is 2. The molecule has 0 unspecified atom stereocenters. The fourth-order valence-electron chi connectivity index (χ4n) is 3.58. The highest BCUT2D eigenvalue weighted by atomic mass is 16.2. The van der Waals surface area contributed by atoms with Crippen molar-refractivity contribution in [2.24, 2.45) is 5.92 Å². The zero-order valence-electron chi connectivity index (χ0n) is 11.1. The Labute approximate surface area is 108 Å². The maximum absolute atomic E-state index is 12.4. The number of fused-ring (bicyclic) bond motifs is 1. The highest BCUT2D eigenvalue weighted by Gasteiger charge is 2.47. The number of amides is 1. The van der Waals surface area contributed by atoms with Crippen molar-refractivity contribution in [3.63, 3.8) is 0 Å². The number of likely N-dealkylation sites (N-methyl/N-ethyl adjacent to an activating group) is 1. The summed E-state index contributed by atoms with van der Waals surface area (Å²) in [7, 11) is 1.96. The Morgan fingerprint density at radius 1 is 1.28 bits per heavy atom. The van der Waals surface area contributed by atoms with Crippen molar-refractivity contribution in [2.75, 3.05) is 7.05 Å². The number of hydrogen-bond donors (Lipinski definition) is 0. The van der Waals surface area contributed by atoms with Gasteiger partial charge < -0.3 is 4.90 Å². The summed E-state index contributed by atoms with van der Waals surface area (Å²) in [5, 5.41) is 0. The third-order valence-corrected chi connectivity index (χ3v) is 4.57. The number of carbonyl (C=O) groups excluding carboxylic acids is 1. The second-order valence-electron chi connectivity index (χ2n) is 5.70. The van der Waals surface area contributed by atoms with Crippen LogP contribution < -0.4 is 0 Å². The van der Waals surface area contributed by atoms with Crippen molar-refractivity contribution in [2.45, 2.75) is 44.6 Å². The monoisotopic (exact) mass is 244 g/mol. The van der Waals surface area contributed by atoms with Crippen LogP contribution in [0.15, 0.2) is 18.3 Å². The molecule has 3 heteroatoms. The smallest absolute Gasteiger partial charge is 0.232 e. The summed E-state index contributed by atoms with van der Waals surface area (Å²) in [6, 6.07) is 4.54. The van der Waals surface area contributed by atoms with E-state index in [0.29, 0.717) is 12.0 Å². The standard InChI is InChI=1S/C15H20N2O/c1-10-7-8-12(16-9-10)14-11-5-3-4-6-13(11)17(2)15(14)18/h7-9,11,13-14H,3-6H2,1-2H3/t11-,13+,14-/m1/s1. The fraction of sp³-hybridized carbons (Fsp3) is 0.600. The van der Waals surface area contributed by atoms with Crippen LogP contribution in [0.25, 0.3) is 0 Å². The van der Waals surface area contributed by atoms with Crippen molar-refractivity contribution in [1.29, 1.82) is 0 Å². The highest BCUT2D eigenvalue weighted by Crippen LogP contribution is 2.44. The number of aromatic nitrogens is 1. The molecule has 3 nitrogen and oxygen atoms in total. The summed E-state index contributed by atoms with van der Waals surface area (Å²) in [5.41, 5.74) is 2.12. The normalized spacial score (nSPS) is 31.6. The van der Waals surface area contributed by atoms with E-state index in [1.165, 1.54) is 19.3 Å². The summed E-state index contributed by atoms with van der Waals surface area (Å²) in [6.07, 6.45) is 6.71. The molecular weight excluding hydrogens is 224 g/mol. The third-order valence-electron chi connectivity index (χ3n) is 4.57. The predicted molar refractivity (Wildman–Crippen MR) is 70.2 cm³/mol. The quantitative estimate of drug-likeness (QED) is 0.760. The van der Waals surface area contributed by atoms with Crippen molar-refractivity contribution >= 4 is 5.91 Å². The first-order valence-corrected chi connectivity index (χ1v) is 6.87. The second-order valence-corrected chi connectivity index (χ2v) is 5.70. The van der Waals surface area contributed by atoms with Gasteiger partial charge in [0, 0.05) is 19.3 Å². The van der Waals surface area contributed by atoms with Gasteiger partial charge in [-0.1, -0.05) is 18.9 Å². The van der Waals surface area contributed by atoms with Crippen molar-refractivity contribution < 1.29 is 4.79 Å². The Morgan fingerprint density at radius 3 is 2.78 bits per heavy atom. The van der Waals surface area contributed by atoms with Gasteiger partial charge in [-0.3, -0.25) is 9.78 Å². The summed E-state index contributed by atoms with van der Waals surface area (Å²) in [6.45, 7) is 2.03. The number of carbonyl (C=O) groups is 1. The molecule has 0 bridgehead atoms. The van der Waals surface area contributed by atoms with E-state index in [-0.39, 0.29) is 11.8 Å². The minimum Gasteiger partial charge on any atom is -0.342 e. The van der Waals surface area contributed by atoms with Crippen LogP contribution in [0.1, 0.15) is 42.9 Å². The summed E-state index contributed by atoms with van der Waals surface area (Å²) in [4.78, 5) is 18.9. The molecule has 2 fully saturated rings. The zero-order chi connectivity index (χ0) is 12.7. The van der Waals surface area contributed by atoms with Crippen LogP contribution in [-0.4, -0.2) is 28.9 Å². The Balaban J connectivity index is 1.95. The van der Waals surface area contributed by atoms with Gasteiger partial charge in [-0.15, -0.1) is 0 Å². The fourth-order valence-corrected chi connectivity index (χ4v) is 3.58. The molecule has 1 aromatic rings. The Hall–Kier alpha value is -1.38. The Bertz CT molecular complexity index is 454. The lowest BCUT2D eigenvalue weighted by molar-refractivity contribution is -0.128. The molecule has 96 valence electrons. The van der Waals surface area contributed by atoms with Crippen LogP contribution in [-0.2, 0) is 4.79 Å². The van der Waals surface area contributed by atoms with E-state index >= 15 is 0 Å². The molecule has 1 aliphatic carbocycles. The van der Waals surface area contributed by atoms with Crippen molar-refractivity contribution in [1.82, 2.24) is 9.88 Å². The Morgan fingerprint density at radius 2 is 2.06 bits per heavy atom. The van der Waals surface area contributed by atoms with E-state index in [0.717, 1.165) is 17.7 Å². The van der Waals surface area contributed by atoms with Crippen LogP contribution in [0.3, 0.4) is 0 Å². The Kier molecular flexibility index (Phi) is 2.84. The molecule has 1 aromatic heterocycles. The summed E-state index contributed by atoms with van der Waals surface area (Å²) < 4.78 is 0. The SMILES string of the molecule is Cc1ccc([C@@H]2C(=O)N(C)[C@H]3CCCC[C@@H]23)nc1. The molecule has 0 aromatic carbocycles. The first-order chi connectivity index (χ1) is 8.68. The van der Waals surface area contributed by atoms with Crippen LogP contribution in [0.5, 0.6) is 0 Å². The zero-order valence-corrected chi connectivity index (χ0v) is 11.1. The first kappa shape index (κ1) is 11.7. The van der Waals surface area contributed by atoms with Crippen LogP contribution in [0, 0.1) is 12.8 Å². The molecule has 0 N–H and O–H groups in total. The van der Waals surface area contributed by atoms with E-state index in [2.05, 4.69) is 11.1 Å². The molecular formula is C15H20N2O. The first-order valence-electron chi connectivity index (χ1n) is 6.87. The maximum atomic E-state index is 12.4. The lowest BCUT2D eigenvalue weighted by Gasteiger charge is -2.29. The molecule has 1 aliphatic heterocycles. The van der Waals surface area contributed by atoms with Gasteiger partial charge in [0.05, 0.1) is 11.6 Å². The molecule has 1 saturated carbocycles. The molecule has 2 heterocycles. The van der Waals surface area contributed by atoms with E-state index < -0.39 is 0 Å². The van der Waals surface area contributed by atoms with Crippen molar-refractivity contribution in [3.05, 3.63) is 29.6 Å². The molecule has 0 radical (unpaired) electrons. The van der Waals surface area contributed by atoms with Crippen LogP contribution in [0.2, 0.25) is 0 Å². The van der Waals surface area contributed by atoms with Gasteiger partial charge in [-0.2, -0.15) is 0 Å². The molecule has 1 saturated heterocycles. The molecule has 1 amide bonds. The van der Waals surface area contributed by atoms with E-state index in [1.807, 2.05) is 31.1 Å². The van der Waals surface area contributed by atoms with Gasteiger partial charge in [0.25, 0.3) is 0 Å². The van der Waals surface area contributed by atoms with Gasteiger partial charge in [0.15, 0.2) is 0 Å². The van der Waals surface area contributed by atoms with E-state index in [4.69, 9.17) is 0 Å². The highest BCUT2D eigenvalue weighted by molar-refractivity contribution is 5.86. The molecule has 18 heavy (non-hydrogen) atoms. The number of pyridine rings is 1. The maximum Gasteiger partial charge on any atom is 0.232 e. The molecule has 3 rings (SSSR count). The largest absolute Gasteiger partial charge is 0.342 e. The second kappa shape index (κ2) is 4.38. The predicted octanol–water partition coefficient (Wildman–Crippen LogP) is 2.50. The topological polar surface area (TPSA) is 33.2 Å². The number of likely N-dealkylation sites (tertiary alicyclic amines) is 1. The number of aryl methyl sites for hydroxylation is 1. The van der Waals surface area contributed by atoms with E-state index in [1.54, 1.807) is 0 Å². The lowest BCUT2D eigenvalue weighted by atomic mass is 9.78. The van der Waals surface area contributed by atoms with Crippen LogP contribution >= 0.6 is 0 Å². The van der Waals surface area contributed by atoms with Crippen molar-refractivity contribution in [3.8, 4) is 0 Å². The van der Waals surface area contributed by atoms with E-state index in [9.17, 15) is 4.79 Å². The van der Waals surface area contributed by atoms with Crippen LogP contribution in [0.4, 0.5) is 0 Å². The number of rotatable bonds is 1. The molecule has 0 spiro atoms. The average Bonchev–Trinajstić information content (AvgIpc) is 2.64.